The Kier molecular flexibility index (Phi) is 3.51. The first-order chi connectivity index (χ1) is 11.8. The number of halogens is 1. The molecule has 0 saturated heterocycles. The number of benzene rings is 2. The predicted molar refractivity (Wildman–Crippen MR) is 87.0 cm³/mol. The summed E-state index contributed by atoms with van der Waals surface area (Å²) in [7, 11) is 0. The van der Waals surface area contributed by atoms with E-state index in [1.807, 2.05) is 30.3 Å². The van der Waals surface area contributed by atoms with Crippen LogP contribution >= 0.6 is 0 Å². The zero-order valence-electron chi connectivity index (χ0n) is 12.4. The van der Waals surface area contributed by atoms with Gasteiger partial charge in [-0.1, -0.05) is 24.3 Å². The average molecular weight is 321 g/mol. The Bertz CT molecular complexity index is 987. The molecule has 2 aromatic carbocycles. The Morgan fingerprint density at radius 2 is 1.79 bits per heavy atom. The second-order valence-corrected chi connectivity index (χ2v) is 5.02. The summed E-state index contributed by atoms with van der Waals surface area (Å²) in [6.07, 6.45) is 0. The third-order valence-corrected chi connectivity index (χ3v) is 3.28. The summed E-state index contributed by atoms with van der Waals surface area (Å²) in [6.45, 7) is 0. The standard InChI is InChI=1S/C17H12FN5O/c18-12-5-4-6-13(11-12)19-17-21-20-15-9-10-16(22-23(15)17)24-14-7-2-1-3-8-14/h1-11H,(H,19,21). The molecule has 1 N–H and O–H groups in total. The van der Waals surface area contributed by atoms with Gasteiger partial charge in [-0.3, -0.25) is 0 Å². The smallest absolute Gasteiger partial charge is 0.250 e. The van der Waals surface area contributed by atoms with Crippen LogP contribution in [-0.4, -0.2) is 19.8 Å². The molecular formula is C17H12FN5O. The van der Waals surface area contributed by atoms with Crippen molar-refractivity contribution in [1.29, 1.82) is 0 Å². The van der Waals surface area contributed by atoms with E-state index in [-0.39, 0.29) is 5.82 Å². The summed E-state index contributed by atoms with van der Waals surface area (Å²) in [5.74, 6) is 1.11. The van der Waals surface area contributed by atoms with Gasteiger partial charge in [-0.05, 0) is 36.4 Å². The lowest BCUT2D eigenvalue weighted by Crippen LogP contribution is -2.01. The van der Waals surface area contributed by atoms with E-state index in [0.29, 0.717) is 28.9 Å². The molecule has 0 aliphatic heterocycles. The van der Waals surface area contributed by atoms with Crippen molar-refractivity contribution < 1.29 is 9.13 Å². The fourth-order valence-electron chi connectivity index (χ4n) is 2.21. The Hall–Kier alpha value is -3.48. The molecule has 6 nitrogen and oxygen atoms in total. The first kappa shape index (κ1) is 14.1. The van der Waals surface area contributed by atoms with Crippen LogP contribution < -0.4 is 10.1 Å². The van der Waals surface area contributed by atoms with Crippen molar-refractivity contribution in [2.45, 2.75) is 0 Å². The van der Waals surface area contributed by atoms with Crippen molar-refractivity contribution >= 4 is 17.3 Å². The van der Waals surface area contributed by atoms with Crippen molar-refractivity contribution in [3.63, 3.8) is 0 Å². The maximum Gasteiger partial charge on any atom is 0.250 e. The van der Waals surface area contributed by atoms with Gasteiger partial charge in [-0.2, -0.15) is 4.52 Å². The SMILES string of the molecule is Fc1cccc(Nc2nnc3ccc(Oc4ccccc4)nn23)c1. The number of hydrogen-bond acceptors (Lipinski definition) is 5. The molecular weight excluding hydrogens is 309 g/mol. The monoisotopic (exact) mass is 321 g/mol. The van der Waals surface area contributed by atoms with E-state index < -0.39 is 0 Å². The largest absolute Gasteiger partial charge is 0.438 e. The number of hydrogen-bond donors (Lipinski definition) is 1. The zero-order valence-corrected chi connectivity index (χ0v) is 12.4. The second-order valence-electron chi connectivity index (χ2n) is 5.02. The molecule has 0 radical (unpaired) electrons. The van der Waals surface area contributed by atoms with Gasteiger partial charge in [0.05, 0.1) is 0 Å². The van der Waals surface area contributed by atoms with Crippen LogP contribution in [-0.2, 0) is 0 Å². The summed E-state index contributed by atoms with van der Waals surface area (Å²) in [6, 6.07) is 18.9. The van der Waals surface area contributed by atoms with Gasteiger partial charge in [0.1, 0.15) is 11.6 Å². The minimum Gasteiger partial charge on any atom is -0.438 e. The van der Waals surface area contributed by atoms with Gasteiger partial charge in [-0.15, -0.1) is 15.3 Å². The van der Waals surface area contributed by atoms with Crippen molar-refractivity contribution in [2.24, 2.45) is 0 Å². The molecule has 0 aliphatic rings. The number of anilines is 2. The molecule has 118 valence electrons. The number of para-hydroxylation sites is 1. The molecule has 0 amide bonds. The van der Waals surface area contributed by atoms with Crippen LogP contribution in [0.1, 0.15) is 0 Å². The number of aromatic nitrogens is 4. The van der Waals surface area contributed by atoms with Gasteiger partial charge in [0.15, 0.2) is 5.65 Å². The van der Waals surface area contributed by atoms with Crippen LogP contribution in [0.15, 0.2) is 66.7 Å². The van der Waals surface area contributed by atoms with E-state index in [4.69, 9.17) is 4.74 Å². The molecule has 0 atom stereocenters. The first-order valence-corrected chi connectivity index (χ1v) is 7.26. The maximum absolute atomic E-state index is 13.3. The summed E-state index contributed by atoms with van der Waals surface area (Å²) in [4.78, 5) is 0. The van der Waals surface area contributed by atoms with Crippen LogP contribution in [0.25, 0.3) is 5.65 Å². The fourth-order valence-corrected chi connectivity index (χ4v) is 2.21. The minimum absolute atomic E-state index is 0.338. The van der Waals surface area contributed by atoms with Crippen molar-refractivity contribution in [1.82, 2.24) is 19.8 Å². The van der Waals surface area contributed by atoms with Crippen LogP contribution in [0, 0.1) is 5.82 Å². The molecule has 2 aromatic heterocycles. The summed E-state index contributed by atoms with van der Waals surface area (Å²) < 4.78 is 20.5. The van der Waals surface area contributed by atoms with E-state index in [1.165, 1.54) is 16.6 Å². The number of rotatable bonds is 4. The topological polar surface area (TPSA) is 64.3 Å². The highest BCUT2D eigenvalue weighted by atomic mass is 19.1. The molecule has 7 heteroatoms. The van der Waals surface area contributed by atoms with Crippen LogP contribution in [0.5, 0.6) is 11.6 Å². The highest BCUT2D eigenvalue weighted by Gasteiger charge is 2.09. The highest BCUT2D eigenvalue weighted by molar-refractivity contribution is 5.56. The second kappa shape index (κ2) is 5.96. The van der Waals surface area contributed by atoms with E-state index in [2.05, 4.69) is 20.6 Å². The third kappa shape index (κ3) is 2.87. The zero-order chi connectivity index (χ0) is 16.4. The third-order valence-electron chi connectivity index (χ3n) is 3.28. The van der Waals surface area contributed by atoms with Crippen LogP contribution in [0.4, 0.5) is 16.0 Å². The van der Waals surface area contributed by atoms with Gasteiger partial charge in [0.2, 0.25) is 5.88 Å². The van der Waals surface area contributed by atoms with E-state index >= 15 is 0 Å². The lowest BCUT2D eigenvalue weighted by atomic mass is 10.3. The van der Waals surface area contributed by atoms with Gasteiger partial charge in [0, 0.05) is 11.8 Å². The molecule has 0 aliphatic carbocycles. The van der Waals surface area contributed by atoms with Gasteiger partial charge < -0.3 is 10.1 Å². The summed E-state index contributed by atoms with van der Waals surface area (Å²) in [5.41, 5.74) is 1.11. The Morgan fingerprint density at radius 3 is 2.62 bits per heavy atom. The summed E-state index contributed by atoms with van der Waals surface area (Å²) in [5, 5.41) is 15.4. The Morgan fingerprint density at radius 1 is 0.917 bits per heavy atom. The van der Waals surface area contributed by atoms with E-state index in [0.717, 1.165) is 0 Å². The molecule has 0 unspecified atom stereocenters. The molecule has 24 heavy (non-hydrogen) atoms. The fraction of sp³-hybridized carbons (Fsp3) is 0. The average Bonchev–Trinajstić information content (AvgIpc) is 2.98. The van der Waals surface area contributed by atoms with Gasteiger partial charge in [-0.25, -0.2) is 4.39 Å². The minimum atomic E-state index is -0.338. The van der Waals surface area contributed by atoms with Crippen LogP contribution in [0.2, 0.25) is 0 Å². The summed E-state index contributed by atoms with van der Waals surface area (Å²) >= 11 is 0. The lowest BCUT2D eigenvalue weighted by molar-refractivity contribution is 0.453. The number of nitrogens with one attached hydrogen (secondary N) is 1. The van der Waals surface area contributed by atoms with Crippen molar-refractivity contribution in [3.8, 4) is 11.6 Å². The first-order valence-electron chi connectivity index (χ1n) is 7.26. The molecule has 0 fully saturated rings. The van der Waals surface area contributed by atoms with Gasteiger partial charge in [0.25, 0.3) is 5.95 Å². The molecule has 0 saturated carbocycles. The van der Waals surface area contributed by atoms with Crippen LogP contribution in [0.3, 0.4) is 0 Å². The van der Waals surface area contributed by atoms with Crippen molar-refractivity contribution in [3.05, 3.63) is 72.5 Å². The number of fused-ring (bicyclic) bond motifs is 1. The Labute approximate surface area is 136 Å². The Balaban J connectivity index is 1.66. The highest BCUT2D eigenvalue weighted by Crippen LogP contribution is 2.21. The quantitative estimate of drug-likeness (QED) is 0.619. The van der Waals surface area contributed by atoms with E-state index in [9.17, 15) is 4.39 Å². The normalized spacial score (nSPS) is 10.7. The molecule has 2 heterocycles. The molecule has 4 aromatic rings. The lowest BCUT2D eigenvalue weighted by Gasteiger charge is -2.06. The van der Waals surface area contributed by atoms with Gasteiger partial charge >= 0.3 is 0 Å². The molecule has 0 spiro atoms. The predicted octanol–water partition coefficient (Wildman–Crippen LogP) is 3.80. The molecule has 0 bridgehead atoms. The van der Waals surface area contributed by atoms with E-state index in [1.54, 1.807) is 24.3 Å². The number of ether oxygens (including phenoxy) is 1. The molecule has 4 rings (SSSR count). The maximum atomic E-state index is 13.3. The number of nitrogens with zero attached hydrogens (tertiary/aromatic N) is 4. The van der Waals surface area contributed by atoms with Crippen molar-refractivity contribution in [2.75, 3.05) is 5.32 Å².